The number of aromatic hydroxyl groups is 2. The first-order chi connectivity index (χ1) is 5.69. The summed E-state index contributed by atoms with van der Waals surface area (Å²) in [7, 11) is 1.37. The highest BCUT2D eigenvalue weighted by molar-refractivity contribution is 5.85. The van der Waals surface area contributed by atoms with Gasteiger partial charge in [-0.15, -0.1) is 12.4 Å². The van der Waals surface area contributed by atoms with Gasteiger partial charge in [0.05, 0.1) is 7.11 Å². The van der Waals surface area contributed by atoms with E-state index in [1.165, 1.54) is 19.2 Å². The number of benzene rings is 1. The minimum Gasteiger partial charge on any atom is -0.504 e. The average molecular weight is 206 g/mol. The first kappa shape index (κ1) is 11.9. The van der Waals surface area contributed by atoms with Gasteiger partial charge >= 0.3 is 0 Å². The number of methoxy groups -OCH3 is 1. The molecule has 1 aromatic carbocycles. The number of ether oxygens (including phenoxy) is 1. The second-order valence-electron chi connectivity index (χ2n) is 2.37. The SMILES string of the molecule is COc1c(O)cc(CN)cc1O.Cl. The molecule has 0 bridgehead atoms. The number of hydrogen-bond donors (Lipinski definition) is 3. The van der Waals surface area contributed by atoms with E-state index < -0.39 is 0 Å². The zero-order valence-corrected chi connectivity index (χ0v) is 7.97. The van der Waals surface area contributed by atoms with Crippen molar-refractivity contribution in [2.45, 2.75) is 6.54 Å². The first-order valence-corrected chi connectivity index (χ1v) is 3.48. The Kier molecular flexibility index (Phi) is 4.37. The quantitative estimate of drug-likeness (QED) is 0.673. The molecule has 74 valence electrons. The molecule has 0 atom stereocenters. The molecular weight excluding hydrogens is 194 g/mol. The van der Waals surface area contributed by atoms with Crippen LogP contribution >= 0.6 is 12.4 Å². The highest BCUT2D eigenvalue weighted by Crippen LogP contribution is 2.36. The van der Waals surface area contributed by atoms with Crippen molar-refractivity contribution in [2.75, 3.05) is 7.11 Å². The fourth-order valence-corrected chi connectivity index (χ4v) is 0.982. The highest BCUT2D eigenvalue weighted by Gasteiger charge is 2.08. The van der Waals surface area contributed by atoms with Crippen LogP contribution in [0.4, 0.5) is 0 Å². The molecule has 0 saturated carbocycles. The van der Waals surface area contributed by atoms with Crippen molar-refractivity contribution in [3.05, 3.63) is 17.7 Å². The van der Waals surface area contributed by atoms with Gasteiger partial charge in [0.15, 0.2) is 11.5 Å². The van der Waals surface area contributed by atoms with Crippen LogP contribution in [0.5, 0.6) is 17.2 Å². The lowest BCUT2D eigenvalue weighted by molar-refractivity contribution is 0.344. The maximum atomic E-state index is 9.26. The van der Waals surface area contributed by atoms with Gasteiger partial charge in [0.25, 0.3) is 0 Å². The Bertz CT molecular complexity index is 268. The molecule has 5 heteroatoms. The van der Waals surface area contributed by atoms with Crippen molar-refractivity contribution < 1.29 is 14.9 Å². The summed E-state index contributed by atoms with van der Waals surface area (Å²) in [5.74, 6) is -0.122. The van der Waals surface area contributed by atoms with Gasteiger partial charge in [-0.1, -0.05) is 0 Å². The molecule has 4 nitrogen and oxygen atoms in total. The van der Waals surface area contributed by atoms with E-state index in [1.807, 2.05) is 0 Å². The number of phenolic OH excluding ortho intramolecular Hbond substituents is 2. The predicted octanol–water partition coefficient (Wildman–Crippen LogP) is 0.987. The second kappa shape index (κ2) is 4.79. The number of nitrogens with two attached hydrogens (primary N) is 1. The van der Waals surface area contributed by atoms with E-state index in [0.717, 1.165) is 0 Å². The summed E-state index contributed by atoms with van der Waals surface area (Å²) in [5, 5.41) is 18.5. The number of hydrogen-bond acceptors (Lipinski definition) is 4. The molecule has 0 amide bonds. The molecule has 1 rings (SSSR count). The Labute approximate surface area is 82.4 Å². The zero-order chi connectivity index (χ0) is 9.14. The molecule has 0 aliphatic rings. The normalized spacial score (nSPS) is 9.08. The van der Waals surface area contributed by atoms with Crippen LogP contribution in [-0.2, 0) is 6.54 Å². The van der Waals surface area contributed by atoms with Crippen molar-refractivity contribution in [1.29, 1.82) is 0 Å². The van der Waals surface area contributed by atoms with Crippen molar-refractivity contribution >= 4 is 12.4 Å². The Hall–Kier alpha value is -1.13. The molecule has 0 aromatic heterocycles. The lowest BCUT2D eigenvalue weighted by atomic mass is 10.2. The summed E-state index contributed by atoms with van der Waals surface area (Å²) in [6.45, 7) is 0.269. The van der Waals surface area contributed by atoms with Gasteiger partial charge in [-0.05, 0) is 17.7 Å². The zero-order valence-electron chi connectivity index (χ0n) is 7.15. The van der Waals surface area contributed by atoms with E-state index in [4.69, 9.17) is 10.5 Å². The molecule has 4 N–H and O–H groups in total. The maximum absolute atomic E-state index is 9.26. The predicted molar refractivity (Wildman–Crippen MR) is 51.5 cm³/mol. The topological polar surface area (TPSA) is 75.7 Å². The lowest BCUT2D eigenvalue weighted by Gasteiger charge is -2.07. The van der Waals surface area contributed by atoms with E-state index in [0.29, 0.717) is 5.56 Å². The van der Waals surface area contributed by atoms with Gasteiger partial charge in [-0.3, -0.25) is 0 Å². The van der Waals surface area contributed by atoms with E-state index in [2.05, 4.69) is 0 Å². The van der Waals surface area contributed by atoms with Gasteiger partial charge in [-0.25, -0.2) is 0 Å². The lowest BCUT2D eigenvalue weighted by Crippen LogP contribution is -1.96. The van der Waals surface area contributed by atoms with Crippen LogP contribution in [0.1, 0.15) is 5.56 Å². The fraction of sp³-hybridized carbons (Fsp3) is 0.250. The Balaban J connectivity index is 0.00000144. The summed E-state index contributed by atoms with van der Waals surface area (Å²) in [4.78, 5) is 0. The Morgan fingerprint density at radius 3 is 2.08 bits per heavy atom. The minimum atomic E-state index is -0.0991. The van der Waals surface area contributed by atoms with Crippen molar-refractivity contribution in [3.63, 3.8) is 0 Å². The Morgan fingerprint density at radius 2 is 1.77 bits per heavy atom. The third kappa shape index (κ3) is 2.40. The van der Waals surface area contributed by atoms with Gasteiger partial charge in [-0.2, -0.15) is 0 Å². The fourth-order valence-electron chi connectivity index (χ4n) is 0.982. The van der Waals surface area contributed by atoms with Crippen LogP contribution < -0.4 is 10.5 Å². The van der Waals surface area contributed by atoms with Crippen LogP contribution in [0.15, 0.2) is 12.1 Å². The van der Waals surface area contributed by atoms with Crippen molar-refractivity contribution in [3.8, 4) is 17.2 Å². The van der Waals surface area contributed by atoms with Gasteiger partial charge in [0, 0.05) is 6.54 Å². The average Bonchev–Trinajstić information content (AvgIpc) is 2.03. The van der Waals surface area contributed by atoms with E-state index in [1.54, 1.807) is 0 Å². The van der Waals surface area contributed by atoms with Gasteiger partial charge in [0.2, 0.25) is 5.75 Å². The monoisotopic (exact) mass is 205 g/mol. The van der Waals surface area contributed by atoms with Crippen molar-refractivity contribution in [2.24, 2.45) is 5.73 Å². The molecule has 13 heavy (non-hydrogen) atoms. The van der Waals surface area contributed by atoms with Crippen LogP contribution in [0.3, 0.4) is 0 Å². The third-order valence-electron chi connectivity index (χ3n) is 1.55. The largest absolute Gasteiger partial charge is 0.504 e. The van der Waals surface area contributed by atoms with Crippen LogP contribution in [0.25, 0.3) is 0 Å². The van der Waals surface area contributed by atoms with Crippen molar-refractivity contribution in [1.82, 2.24) is 0 Å². The molecule has 0 aliphatic heterocycles. The second-order valence-corrected chi connectivity index (χ2v) is 2.37. The molecule has 0 fully saturated rings. The van der Waals surface area contributed by atoms with Gasteiger partial charge in [0.1, 0.15) is 0 Å². The molecule has 0 saturated heterocycles. The van der Waals surface area contributed by atoms with Crippen LogP contribution in [0, 0.1) is 0 Å². The van der Waals surface area contributed by atoms with E-state index >= 15 is 0 Å². The molecule has 0 unspecified atom stereocenters. The maximum Gasteiger partial charge on any atom is 0.202 e. The molecule has 0 radical (unpaired) electrons. The van der Waals surface area contributed by atoms with Crippen LogP contribution in [0.2, 0.25) is 0 Å². The standard InChI is InChI=1S/C8H11NO3.ClH/c1-12-8-6(10)2-5(4-9)3-7(8)11;/h2-3,10-11H,4,9H2,1H3;1H. The molecule has 0 spiro atoms. The number of halogens is 1. The number of phenols is 2. The summed E-state index contributed by atoms with van der Waals surface area (Å²) in [6, 6.07) is 2.91. The van der Waals surface area contributed by atoms with E-state index in [9.17, 15) is 10.2 Å². The third-order valence-corrected chi connectivity index (χ3v) is 1.55. The molecule has 0 aliphatic carbocycles. The summed E-state index contributed by atoms with van der Waals surface area (Å²) in [5.41, 5.74) is 5.97. The molecule has 0 heterocycles. The summed E-state index contributed by atoms with van der Waals surface area (Å²) >= 11 is 0. The Morgan fingerprint density at radius 1 is 1.31 bits per heavy atom. The smallest absolute Gasteiger partial charge is 0.202 e. The summed E-state index contributed by atoms with van der Waals surface area (Å²) < 4.78 is 4.73. The molecule has 1 aromatic rings. The first-order valence-electron chi connectivity index (χ1n) is 3.48. The minimum absolute atomic E-state index is 0. The number of rotatable bonds is 2. The van der Waals surface area contributed by atoms with Crippen LogP contribution in [-0.4, -0.2) is 17.3 Å². The summed E-state index contributed by atoms with van der Waals surface area (Å²) in [6.07, 6.45) is 0. The van der Waals surface area contributed by atoms with Gasteiger partial charge < -0.3 is 20.7 Å². The van der Waals surface area contributed by atoms with E-state index in [-0.39, 0.29) is 36.2 Å². The molecular formula is C8H12ClNO3. The highest BCUT2D eigenvalue weighted by atomic mass is 35.5.